The predicted octanol–water partition coefficient (Wildman–Crippen LogP) is 5.78. The third-order valence-corrected chi connectivity index (χ3v) is 11.2. The Morgan fingerprint density at radius 1 is 1.23 bits per heavy atom. The summed E-state index contributed by atoms with van der Waals surface area (Å²) >= 11 is 6.75. The van der Waals surface area contributed by atoms with E-state index in [0.717, 1.165) is 18.1 Å². The van der Waals surface area contributed by atoms with Crippen molar-refractivity contribution in [2.75, 3.05) is 5.32 Å². The zero-order valence-corrected chi connectivity index (χ0v) is 27.4. The summed E-state index contributed by atoms with van der Waals surface area (Å²) in [5.41, 5.74) is -0.0986. The molecule has 0 saturated heterocycles. The van der Waals surface area contributed by atoms with Gasteiger partial charge >= 0.3 is 0 Å². The molecule has 3 N–H and O–H groups in total. The van der Waals surface area contributed by atoms with E-state index in [1.807, 2.05) is 37.3 Å². The number of aromatic nitrogens is 3. The number of benzene rings is 1. The first kappa shape index (κ1) is 32.8. The van der Waals surface area contributed by atoms with Gasteiger partial charge in [-0.05, 0) is 63.4 Å². The molecule has 1 aliphatic carbocycles. The van der Waals surface area contributed by atoms with E-state index in [4.69, 9.17) is 21.4 Å². The number of pyridine rings is 1. The Balaban J connectivity index is 1.26. The Bertz CT molecular complexity index is 1970. The van der Waals surface area contributed by atoms with Gasteiger partial charge in [0, 0.05) is 41.7 Å². The van der Waals surface area contributed by atoms with Crippen molar-refractivity contribution >= 4 is 33.2 Å². The van der Waals surface area contributed by atoms with E-state index < -0.39 is 33.5 Å². The topological polar surface area (TPSA) is 163 Å². The van der Waals surface area contributed by atoms with E-state index in [9.17, 15) is 22.7 Å². The molecule has 11 nitrogen and oxygen atoms in total. The van der Waals surface area contributed by atoms with Crippen LogP contribution in [-0.2, 0) is 28.6 Å². The van der Waals surface area contributed by atoms with Crippen LogP contribution in [0, 0.1) is 29.1 Å². The number of fused-ring (bicyclic) bond motifs is 1. The Labute approximate surface area is 276 Å². The second-order valence-corrected chi connectivity index (χ2v) is 14.6. The van der Waals surface area contributed by atoms with Gasteiger partial charge in [-0.3, -0.25) is 4.79 Å². The van der Waals surface area contributed by atoms with Crippen LogP contribution in [0.3, 0.4) is 0 Å². The van der Waals surface area contributed by atoms with Gasteiger partial charge in [0.25, 0.3) is 5.91 Å². The molecule has 2 aliphatic rings. The monoisotopic (exact) mass is 680 g/mol. The number of hydrogen-bond acceptors (Lipinski definition) is 8. The highest BCUT2D eigenvalue weighted by atomic mass is 35.5. The highest BCUT2D eigenvalue weighted by Crippen LogP contribution is 2.42. The quantitative estimate of drug-likeness (QED) is 0.187. The summed E-state index contributed by atoms with van der Waals surface area (Å²) in [5, 5.41) is 27.1. The van der Waals surface area contributed by atoms with Crippen LogP contribution in [0.4, 0.5) is 10.1 Å². The lowest BCUT2D eigenvalue weighted by atomic mass is 9.85. The van der Waals surface area contributed by atoms with Crippen LogP contribution >= 0.6 is 11.6 Å². The largest absolute Gasteiger partial charge is 0.384 e. The van der Waals surface area contributed by atoms with Crippen molar-refractivity contribution in [2.24, 2.45) is 11.8 Å². The van der Waals surface area contributed by atoms with Gasteiger partial charge in [0.2, 0.25) is 16.0 Å². The van der Waals surface area contributed by atoms with E-state index in [1.54, 1.807) is 23.6 Å². The highest BCUT2D eigenvalue weighted by molar-refractivity contribution is 7.89. The normalized spacial score (nSPS) is 20.7. The van der Waals surface area contributed by atoms with Crippen LogP contribution in [0.15, 0.2) is 57.9 Å². The van der Waals surface area contributed by atoms with E-state index in [0.29, 0.717) is 49.4 Å². The molecule has 6 rings (SSSR count). The fourth-order valence-electron chi connectivity index (χ4n) is 6.84. The van der Waals surface area contributed by atoms with Gasteiger partial charge in [-0.2, -0.15) is 9.65 Å². The molecular weight excluding hydrogens is 647 g/mol. The van der Waals surface area contributed by atoms with Gasteiger partial charge in [0.05, 0.1) is 5.02 Å². The van der Waals surface area contributed by atoms with Crippen molar-refractivity contribution in [3.63, 3.8) is 0 Å². The second-order valence-electron chi connectivity index (χ2n) is 12.6. The van der Waals surface area contributed by atoms with Gasteiger partial charge < -0.3 is 19.5 Å². The van der Waals surface area contributed by atoms with Crippen molar-refractivity contribution in [1.29, 1.82) is 5.26 Å². The number of sulfonamides is 1. The molecular formula is C33H34ClFN6O5S. The van der Waals surface area contributed by atoms with Crippen LogP contribution in [0.5, 0.6) is 0 Å². The fourth-order valence-corrected chi connectivity index (χ4v) is 9.20. The molecule has 4 unspecified atom stereocenters. The fraction of sp³-hybridized carbons (Fsp3) is 0.394. The molecule has 3 aromatic heterocycles. The maximum atomic E-state index is 14.2. The molecule has 1 amide bonds. The lowest BCUT2D eigenvalue weighted by Crippen LogP contribution is -2.43. The summed E-state index contributed by atoms with van der Waals surface area (Å²) in [6.07, 6.45) is 3.45. The molecule has 0 radical (unpaired) electrons. The first-order valence-corrected chi connectivity index (χ1v) is 17.3. The van der Waals surface area contributed by atoms with Crippen molar-refractivity contribution in [3.05, 3.63) is 82.3 Å². The van der Waals surface area contributed by atoms with Crippen molar-refractivity contribution in [3.8, 4) is 17.4 Å². The summed E-state index contributed by atoms with van der Waals surface area (Å²) in [6.45, 7) is 3.98. The molecule has 0 bridgehead atoms. The molecule has 246 valence electrons. The SMILES string of the molecule is CC1CCC(CC(C)(O)c2cc(-c3ccccc3)on2)C1NS(=O)(=O)c1c(Cl)c(C(=O)Nc2cc(F)nc(C#N)c2)n2c1CCCC2. The van der Waals surface area contributed by atoms with Crippen molar-refractivity contribution < 1.29 is 27.2 Å². The molecule has 1 fully saturated rings. The minimum atomic E-state index is -4.25. The number of hydrogen-bond donors (Lipinski definition) is 3. The molecule has 1 aliphatic heterocycles. The number of nitriles is 1. The Morgan fingerprint density at radius 2 is 2.00 bits per heavy atom. The molecule has 4 aromatic rings. The van der Waals surface area contributed by atoms with E-state index in [-0.39, 0.29) is 45.2 Å². The first-order chi connectivity index (χ1) is 22.4. The molecule has 1 aromatic carbocycles. The van der Waals surface area contributed by atoms with Crippen LogP contribution in [0.2, 0.25) is 5.02 Å². The number of halogens is 2. The Hall–Kier alpha value is -4.09. The third kappa shape index (κ3) is 6.56. The van der Waals surface area contributed by atoms with Gasteiger partial charge in [0.1, 0.15) is 33.6 Å². The number of carbonyl (C=O) groups excluding carboxylic acids is 1. The average Bonchev–Trinajstić information content (AvgIpc) is 3.74. The number of nitrogens with one attached hydrogen (secondary N) is 2. The molecule has 14 heteroatoms. The van der Waals surface area contributed by atoms with E-state index >= 15 is 0 Å². The summed E-state index contributed by atoms with van der Waals surface area (Å²) in [6, 6.07) is 14.5. The number of amides is 1. The van der Waals surface area contributed by atoms with Gasteiger partial charge in [-0.15, -0.1) is 0 Å². The van der Waals surface area contributed by atoms with Crippen LogP contribution in [0.1, 0.15) is 73.5 Å². The number of rotatable bonds is 9. The minimum absolute atomic E-state index is 0.0123. The summed E-state index contributed by atoms with van der Waals surface area (Å²) < 4.78 is 52.3. The summed E-state index contributed by atoms with van der Waals surface area (Å²) in [4.78, 5) is 16.8. The lowest BCUT2D eigenvalue weighted by molar-refractivity contribution is 0.0200. The van der Waals surface area contributed by atoms with E-state index in [1.165, 1.54) is 6.07 Å². The molecule has 0 spiro atoms. The zero-order valence-electron chi connectivity index (χ0n) is 25.8. The lowest BCUT2D eigenvalue weighted by Gasteiger charge is -2.30. The molecule has 47 heavy (non-hydrogen) atoms. The average molecular weight is 681 g/mol. The maximum absolute atomic E-state index is 14.2. The number of anilines is 1. The number of carbonyl (C=O) groups is 1. The molecule has 4 heterocycles. The minimum Gasteiger partial charge on any atom is -0.384 e. The summed E-state index contributed by atoms with van der Waals surface area (Å²) in [5.74, 6) is -1.44. The predicted molar refractivity (Wildman–Crippen MR) is 171 cm³/mol. The Morgan fingerprint density at radius 3 is 2.74 bits per heavy atom. The molecule has 4 atom stereocenters. The number of nitrogens with zero attached hydrogens (tertiary/aromatic N) is 4. The van der Waals surface area contributed by atoms with Crippen LogP contribution in [-0.4, -0.2) is 40.2 Å². The van der Waals surface area contributed by atoms with Crippen molar-refractivity contribution in [2.45, 2.75) is 75.5 Å². The Kier molecular flexibility index (Phi) is 8.97. The van der Waals surface area contributed by atoms with Crippen LogP contribution in [0.25, 0.3) is 11.3 Å². The van der Waals surface area contributed by atoms with Gasteiger partial charge in [-0.25, -0.2) is 18.1 Å². The third-order valence-electron chi connectivity index (χ3n) is 9.15. The maximum Gasteiger partial charge on any atom is 0.273 e. The van der Waals surface area contributed by atoms with Crippen LogP contribution < -0.4 is 10.0 Å². The smallest absolute Gasteiger partial charge is 0.273 e. The van der Waals surface area contributed by atoms with Gasteiger partial charge in [0.15, 0.2) is 5.76 Å². The second kappa shape index (κ2) is 12.8. The zero-order chi connectivity index (χ0) is 33.5. The van der Waals surface area contributed by atoms with Gasteiger partial charge in [-0.1, -0.05) is 54.0 Å². The van der Waals surface area contributed by atoms with Crippen molar-refractivity contribution in [1.82, 2.24) is 19.4 Å². The summed E-state index contributed by atoms with van der Waals surface area (Å²) in [7, 11) is -4.25. The molecule has 1 saturated carbocycles. The standard InChI is InChI=1S/C33H34ClFN6O5S/c1-19-11-12-21(17-33(2,43)26-16-25(46-39-26)20-8-4-3-5-9-20)29(19)40-47(44,45)31-24-10-6-7-13-41(24)30(28(31)34)32(42)38-22-14-23(18-36)37-27(35)15-22/h3-5,8-9,14-16,19,21,29,40,43H,6-7,10-13,17H2,1-2H3,(H,37,38,42). The highest BCUT2D eigenvalue weighted by Gasteiger charge is 2.43. The number of aliphatic hydroxyl groups is 1. The first-order valence-electron chi connectivity index (χ1n) is 15.4. The van der Waals surface area contributed by atoms with E-state index in [2.05, 4.69) is 20.2 Å².